The molecule has 1 N–H and O–H groups in total. The molecule has 0 saturated heterocycles. The maximum absolute atomic E-state index is 11.1. The van der Waals surface area contributed by atoms with Gasteiger partial charge in [0.15, 0.2) is 6.29 Å². The predicted octanol–water partition coefficient (Wildman–Crippen LogP) is 3.38. The van der Waals surface area contributed by atoms with Gasteiger partial charge in [-0.1, -0.05) is 26.2 Å². The minimum Gasteiger partial charge on any atom is -0.345 e. The molecular weight excluding hydrogens is 238 g/mol. The first-order valence-corrected chi connectivity index (χ1v) is 7.16. The summed E-state index contributed by atoms with van der Waals surface area (Å²) in [4.78, 5) is 23.6. The third-order valence-electron chi connectivity index (χ3n) is 4.09. The molecule has 19 heavy (non-hydrogen) atoms. The zero-order valence-electron chi connectivity index (χ0n) is 11.3. The van der Waals surface area contributed by atoms with Gasteiger partial charge in [-0.2, -0.15) is 0 Å². The second-order valence-corrected chi connectivity index (χ2v) is 5.30. The van der Waals surface area contributed by atoms with E-state index in [1.165, 1.54) is 32.1 Å². The van der Waals surface area contributed by atoms with E-state index in [1.54, 1.807) is 6.20 Å². The van der Waals surface area contributed by atoms with Crippen molar-refractivity contribution in [2.45, 2.75) is 51.4 Å². The molecule has 2 aromatic heterocycles. The first kappa shape index (κ1) is 12.3. The summed E-state index contributed by atoms with van der Waals surface area (Å²) in [5.74, 6) is 1.45. The van der Waals surface area contributed by atoms with E-state index in [1.807, 2.05) is 0 Å². The Morgan fingerprint density at radius 3 is 2.79 bits per heavy atom. The first-order chi connectivity index (χ1) is 9.33. The SMILES string of the molecule is CCc1nc(C2CCCCC2)nc2[nH]cc(C=O)c12. The van der Waals surface area contributed by atoms with Crippen LogP contribution in [0, 0.1) is 0 Å². The van der Waals surface area contributed by atoms with E-state index in [0.29, 0.717) is 11.5 Å². The highest BCUT2D eigenvalue weighted by molar-refractivity contribution is 5.97. The van der Waals surface area contributed by atoms with E-state index in [-0.39, 0.29) is 0 Å². The molecule has 1 fully saturated rings. The molecule has 0 aliphatic heterocycles. The van der Waals surface area contributed by atoms with Gasteiger partial charge in [-0.3, -0.25) is 4.79 Å². The number of aryl methyl sites for hydroxylation is 1. The summed E-state index contributed by atoms with van der Waals surface area (Å²) in [5, 5.41) is 0.900. The highest BCUT2D eigenvalue weighted by atomic mass is 16.1. The number of nitrogens with zero attached hydrogens (tertiary/aromatic N) is 2. The van der Waals surface area contributed by atoms with Crippen molar-refractivity contribution in [1.29, 1.82) is 0 Å². The number of aldehydes is 1. The molecule has 0 radical (unpaired) electrons. The van der Waals surface area contributed by atoms with Gasteiger partial charge in [0, 0.05) is 17.7 Å². The Hall–Kier alpha value is -1.71. The topological polar surface area (TPSA) is 58.6 Å². The van der Waals surface area contributed by atoms with Crippen LogP contribution in [0.4, 0.5) is 0 Å². The van der Waals surface area contributed by atoms with Crippen LogP contribution in [0.15, 0.2) is 6.20 Å². The number of aromatic amines is 1. The number of hydrogen-bond donors (Lipinski definition) is 1. The Kier molecular flexibility index (Phi) is 3.32. The third-order valence-corrected chi connectivity index (χ3v) is 4.09. The molecule has 2 heterocycles. The molecule has 0 spiro atoms. The summed E-state index contributed by atoms with van der Waals surface area (Å²) in [5.41, 5.74) is 2.48. The summed E-state index contributed by atoms with van der Waals surface area (Å²) < 4.78 is 0. The van der Waals surface area contributed by atoms with E-state index >= 15 is 0 Å². The van der Waals surface area contributed by atoms with Crippen LogP contribution in [-0.2, 0) is 6.42 Å². The molecule has 3 rings (SSSR count). The molecule has 0 unspecified atom stereocenters. The number of carbonyl (C=O) groups excluding carboxylic acids is 1. The number of fused-ring (bicyclic) bond motifs is 1. The molecular formula is C15H19N3O. The van der Waals surface area contributed by atoms with Gasteiger partial charge < -0.3 is 4.98 Å². The number of carbonyl (C=O) groups is 1. The fraction of sp³-hybridized carbons (Fsp3) is 0.533. The van der Waals surface area contributed by atoms with Crippen molar-refractivity contribution in [3.05, 3.63) is 23.3 Å². The lowest BCUT2D eigenvalue weighted by Gasteiger charge is -2.20. The lowest BCUT2D eigenvalue weighted by atomic mass is 9.88. The lowest BCUT2D eigenvalue weighted by Crippen LogP contribution is -2.10. The maximum atomic E-state index is 11.1. The van der Waals surface area contributed by atoms with Gasteiger partial charge in [0.1, 0.15) is 11.5 Å². The van der Waals surface area contributed by atoms with E-state index in [4.69, 9.17) is 4.98 Å². The highest BCUT2D eigenvalue weighted by Gasteiger charge is 2.20. The van der Waals surface area contributed by atoms with E-state index in [0.717, 1.165) is 35.3 Å². The minimum atomic E-state index is 0.492. The van der Waals surface area contributed by atoms with Crippen molar-refractivity contribution >= 4 is 17.3 Å². The molecule has 100 valence electrons. The highest BCUT2D eigenvalue weighted by Crippen LogP contribution is 2.32. The number of H-pyrrole nitrogens is 1. The van der Waals surface area contributed by atoms with Crippen LogP contribution in [-0.4, -0.2) is 21.2 Å². The van der Waals surface area contributed by atoms with Crippen molar-refractivity contribution in [3.63, 3.8) is 0 Å². The summed E-state index contributed by atoms with van der Waals surface area (Å²) in [7, 11) is 0. The normalized spacial score (nSPS) is 16.9. The Morgan fingerprint density at radius 1 is 1.32 bits per heavy atom. The molecule has 2 aromatic rings. The van der Waals surface area contributed by atoms with Crippen molar-refractivity contribution in [3.8, 4) is 0 Å². The van der Waals surface area contributed by atoms with Crippen LogP contribution in [0.3, 0.4) is 0 Å². The lowest BCUT2D eigenvalue weighted by molar-refractivity contribution is 0.112. The van der Waals surface area contributed by atoms with Gasteiger partial charge in [-0.15, -0.1) is 0 Å². The molecule has 4 heteroatoms. The average molecular weight is 257 g/mol. The van der Waals surface area contributed by atoms with Crippen LogP contribution in [0.2, 0.25) is 0 Å². The maximum Gasteiger partial charge on any atom is 0.152 e. The Balaban J connectivity index is 2.09. The number of hydrogen-bond acceptors (Lipinski definition) is 3. The second-order valence-electron chi connectivity index (χ2n) is 5.30. The number of rotatable bonds is 3. The van der Waals surface area contributed by atoms with Gasteiger partial charge >= 0.3 is 0 Å². The quantitative estimate of drug-likeness (QED) is 0.857. The van der Waals surface area contributed by atoms with Crippen LogP contribution in [0.5, 0.6) is 0 Å². The first-order valence-electron chi connectivity index (χ1n) is 7.16. The second kappa shape index (κ2) is 5.11. The molecule has 0 bridgehead atoms. The minimum absolute atomic E-state index is 0.492. The molecule has 0 atom stereocenters. The Labute approximate surface area is 112 Å². The summed E-state index contributed by atoms with van der Waals surface area (Å²) >= 11 is 0. The van der Waals surface area contributed by atoms with Gasteiger partial charge in [0.2, 0.25) is 0 Å². The smallest absolute Gasteiger partial charge is 0.152 e. The van der Waals surface area contributed by atoms with Gasteiger partial charge in [-0.25, -0.2) is 9.97 Å². The van der Waals surface area contributed by atoms with Crippen molar-refractivity contribution in [1.82, 2.24) is 15.0 Å². The third kappa shape index (κ3) is 2.15. The average Bonchev–Trinajstić information content (AvgIpc) is 2.90. The van der Waals surface area contributed by atoms with Gasteiger partial charge in [0.25, 0.3) is 0 Å². The molecule has 1 aliphatic rings. The van der Waals surface area contributed by atoms with E-state index in [9.17, 15) is 4.79 Å². The monoisotopic (exact) mass is 257 g/mol. The summed E-state index contributed by atoms with van der Waals surface area (Å²) in [6, 6.07) is 0. The zero-order chi connectivity index (χ0) is 13.2. The molecule has 1 saturated carbocycles. The Bertz CT molecular complexity index is 597. The summed E-state index contributed by atoms with van der Waals surface area (Å²) in [6.07, 6.45) is 9.70. The zero-order valence-corrected chi connectivity index (χ0v) is 11.3. The molecule has 4 nitrogen and oxygen atoms in total. The van der Waals surface area contributed by atoms with E-state index < -0.39 is 0 Å². The largest absolute Gasteiger partial charge is 0.345 e. The summed E-state index contributed by atoms with van der Waals surface area (Å²) in [6.45, 7) is 2.08. The fourth-order valence-electron chi connectivity index (χ4n) is 3.04. The number of nitrogens with one attached hydrogen (secondary N) is 1. The van der Waals surface area contributed by atoms with Crippen LogP contribution < -0.4 is 0 Å². The van der Waals surface area contributed by atoms with Crippen LogP contribution >= 0.6 is 0 Å². The van der Waals surface area contributed by atoms with Crippen molar-refractivity contribution in [2.75, 3.05) is 0 Å². The van der Waals surface area contributed by atoms with Crippen LogP contribution in [0.1, 0.15) is 66.8 Å². The van der Waals surface area contributed by atoms with Gasteiger partial charge in [-0.05, 0) is 19.3 Å². The Morgan fingerprint density at radius 2 is 2.11 bits per heavy atom. The molecule has 0 amide bonds. The number of aromatic nitrogens is 3. The standard InChI is InChI=1S/C15H19N3O/c1-2-12-13-11(9-19)8-16-15(13)18-14(17-12)10-6-4-3-5-7-10/h8-10H,2-7H2,1H3,(H,16,17,18). The van der Waals surface area contributed by atoms with Gasteiger partial charge in [0.05, 0.1) is 11.1 Å². The van der Waals surface area contributed by atoms with Crippen LogP contribution in [0.25, 0.3) is 11.0 Å². The van der Waals surface area contributed by atoms with Crippen molar-refractivity contribution in [2.24, 2.45) is 0 Å². The van der Waals surface area contributed by atoms with E-state index in [2.05, 4.69) is 16.9 Å². The molecule has 0 aromatic carbocycles. The molecule has 1 aliphatic carbocycles. The van der Waals surface area contributed by atoms with Crippen molar-refractivity contribution < 1.29 is 4.79 Å². The predicted molar refractivity (Wildman–Crippen MR) is 74.5 cm³/mol. The fourth-order valence-corrected chi connectivity index (χ4v) is 3.04.